The summed E-state index contributed by atoms with van der Waals surface area (Å²) >= 11 is 7.40. The van der Waals surface area contributed by atoms with Crippen molar-refractivity contribution >= 4 is 45.6 Å². The molecule has 6 nitrogen and oxygen atoms in total. The molecule has 0 saturated carbocycles. The summed E-state index contributed by atoms with van der Waals surface area (Å²) in [6.07, 6.45) is 1.11. The monoisotopic (exact) mass is 380 g/mol. The van der Waals surface area contributed by atoms with Crippen molar-refractivity contribution in [3.63, 3.8) is 0 Å². The first kappa shape index (κ1) is 19.2. The van der Waals surface area contributed by atoms with E-state index in [1.165, 1.54) is 11.3 Å². The van der Waals surface area contributed by atoms with Crippen molar-refractivity contribution < 1.29 is 9.59 Å². The fraction of sp³-hybridized carbons (Fsp3) is 0.353. The van der Waals surface area contributed by atoms with Gasteiger partial charge in [-0.2, -0.15) is 0 Å². The van der Waals surface area contributed by atoms with E-state index in [0.29, 0.717) is 15.8 Å². The Hall–Kier alpha value is -2.12. The van der Waals surface area contributed by atoms with E-state index in [4.69, 9.17) is 11.6 Å². The van der Waals surface area contributed by atoms with E-state index in [9.17, 15) is 9.59 Å². The number of benzene rings is 1. The summed E-state index contributed by atoms with van der Waals surface area (Å²) in [6.45, 7) is 4.22. The molecule has 2 amide bonds. The molecule has 0 fully saturated rings. The van der Waals surface area contributed by atoms with Crippen molar-refractivity contribution in [2.75, 3.05) is 11.9 Å². The van der Waals surface area contributed by atoms with Crippen LogP contribution in [0.1, 0.15) is 37.2 Å². The lowest BCUT2D eigenvalue weighted by molar-refractivity contribution is -0.121. The Morgan fingerprint density at radius 2 is 2.08 bits per heavy atom. The molecule has 1 atom stereocenters. The molecule has 2 rings (SSSR count). The van der Waals surface area contributed by atoms with Crippen LogP contribution < -0.4 is 16.0 Å². The molecule has 0 spiro atoms. The van der Waals surface area contributed by atoms with Crippen molar-refractivity contribution in [3.8, 4) is 0 Å². The van der Waals surface area contributed by atoms with Gasteiger partial charge in [-0.1, -0.05) is 30.7 Å². The van der Waals surface area contributed by atoms with Crippen molar-refractivity contribution in [2.24, 2.45) is 0 Å². The first-order valence-electron chi connectivity index (χ1n) is 8.04. The van der Waals surface area contributed by atoms with Crippen LogP contribution >= 0.6 is 22.9 Å². The molecule has 2 aromatic rings. The van der Waals surface area contributed by atoms with E-state index in [0.717, 1.165) is 12.1 Å². The van der Waals surface area contributed by atoms with Gasteiger partial charge in [0.25, 0.3) is 5.91 Å². The molecule has 0 bridgehead atoms. The molecule has 1 unspecified atom stereocenters. The summed E-state index contributed by atoms with van der Waals surface area (Å²) in [7, 11) is 0. The van der Waals surface area contributed by atoms with E-state index in [1.54, 1.807) is 11.4 Å². The molecular formula is C17H21ClN4O2S. The van der Waals surface area contributed by atoms with Crippen LogP contribution in [0, 0.1) is 0 Å². The summed E-state index contributed by atoms with van der Waals surface area (Å²) in [4.78, 5) is 28.0. The number of hydrogen-bond acceptors (Lipinski definition) is 5. The van der Waals surface area contributed by atoms with Crippen LogP contribution in [0.5, 0.6) is 0 Å². The Balaban J connectivity index is 1.82. The number of nitrogens with zero attached hydrogens (tertiary/aromatic N) is 1. The minimum atomic E-state index is -0.306. The average molecular weight is 381 g/mol. The van der Waals surface area contributed by atoms with Crippen molar-refractivity contribution in [3.05, 3.63) is 40.4 Å². The van der Waals surface area contributed by atoms with Gasteiger partial charge in [0.05, 0.1) is 10.7 Å². The lowest BCUT2D eigenvalue weighted by Gasteiger charge is -2.11. The normalized spacial score (nSPS) is 11.6. The highest BCUT2D eigenvalue weighted by atomic mass is 35.5. The molecule has 0 aliphatic carbocycles. The zero-order chi connectivity index (χ0) is 18.2. The van der Waals surface area contributed by atoms with Crippen molar-refractivity contribution in [1.29, 1.82) is 0 Å². The third-order valence-electron chi connectivity index (χ3n) is 3.51. The summed E-state index contributed by atoms with van der Waals surface area (Å²) in [5.74, 6) is -0.381. The van der Waals surface area contributed by atoms with Gasteiger partial charge in [-0.3, -0.25) is 9.59 Å². The third kappa shape index (κ3) is 6.03. The molecule has 25 heavy (non-hydrogen) atoms. The highest BCUT2D eigenvalue weighted by Crippen LogP contribution is 2.26. The topological polar surface area (TPSA) is 83.1 Å². The van der Waals surface area contributed by atoms with Gasteiger partial charge in [0.15, 0.2) is 5.13 Å². The zero-order valence-corrected chi connectivity index (χ0v) is 15.7. The lowest BCUT2D eigenvalue weighted by atomic mass is 10.2. The minimum absolute atomic E-state index is 0.0750. The van der Waals surface area contributed by atoms with Gasteiger partial charge in [0.1, 0.15) is 5.69 Å². The lowest BCUT2D eigenvalue weighted by Crippen LogP contribution is -2.35. The number of rotatable bonds is 8. The number of thiazole rings is 1. The van der Waals surface area contributed by atoms with Gasteiger partial charge in [-0.05, 0) is 25.5 Å². The van der Waals surface area contributed by atoms with Gasteiger partial charge in [-0.25, -0.2) is 4.98 Å². The Kier molecular flexibility index (Phi) is 7.21. The second-order valence-corrected chi connectivity index (χ2v) is 6.79. The maximum atomic E-state index is 12.1. The fourth-order valence-corrected chi connectivity index (χ4v) is 2.83. The van der Waals surface area contributed by atoms with E-state index in [2.05, 4.69) is 20.9 Å². The number of hydrogen-bond donors (Lipinski definition) is 3. The number of nitrogens with one attached hydrogen (secondary N) is 3. The summed E-state index contributed by atoms with van der Waals surface area (Å²) in [5, 5.41) is 11.5. The van der Waals surface area contributed by atoms with E-state index in [1.807, 2.05) is 32.0 Å². The van der Waals surface area contributed by atoms with Crippen LogP contribution in [0.15, 0.2) is 29.6 Å². The molecule has 0 aliphatic rings. The predicted molar refractivity (Wildman–Crippen MR) is 102 cm³/mol. The molecular weight excluding hydrogens is 360 g/mol. The third-order valence-corrected chi connectivity index (χ3v) is 4.60. The van der Waals surface area contributed by atoms with Crippen LogP contribution in [0.4, 0.5) is 10.8 Å². The molecule has 8 heteroatoms. The first-order chi connectivity index (χ1) is 12.0. The Morgan fingerprint density at radius 3 is 2.80 bits per heavy atom. The minimum Gasteiger partial charge on any atom is -0.354 e. The predicted octanol–water partition coefficient (Wildman–Crippen LogP) is 3.57. The summed E-state index contributed by atoms with van der Waals surface area (Å²) < 4.78 is 0. The number of carbonyl (C=O) groups is 2. The quantitative estimate of drug-likeness (QED) is 0.653. The van der Waals surface area contributed by atoms with E-state index >= 15 is 0 Å². The van der Waals surface area contributed by atoms with Gasteiger partial charge in [-0.15, -0.1) is 11.3 Å². The molecule has 1 heterocycles. The van der Waals surface area contributed by atoms with Gasteiger partial charge >= 0.3 is 0 Å². The Labute approximate surface area is 156 Å². The van der Waals surface area contributed by atoms with Gasteiger partial charge < -0.3 is 16.0 Å². The van der Waals surface area contributed by atoms with Crippen LogP contribution in [-0.4, -0.2) is 29.4 Å². The van der Waals surface area contributed by atoms with Crippen LogP contribution in [0.2, 0.25) is 5.02 Å². The van der Waals surface area contributed by atoms with Gasteiger partial charge in [0.2, 0.25) is 5.91 Å². The second kappa shape index (κ2) is 9.39. The first-order valence-corrected chi connectivity index (χ1v) is 9.30. The molecule has 0 radical (unpaired) electrons. The van der Waals surface area contributed by atoms with Crippen LogP contribution in [-0.2, 0) is 4.79 Å². The number of aromatic nitrogens is 1. The van der Waals surface area contributed by atoms with Crippen LogP contribution in [0.25, 0.3) is 0 Å². The smallest absolute Gasteiger partial charge is 0.270 e. The number of halogens is 1. The summed E-state index contributed by atoms with van der Waals surface area (Å²) in [5.41, 5.74) is 1.04. The number of amides is 2. The molecule has 0 saturated heterocycles. The SMILES string of the molecule is CCC(C)NC(=O)CCNC(=O)c1csc(Nc2ccccc2Cl)n1. The maximum absolute atomic E-state index is 12.1. The highest BCUT2D eigenvalue weighted by Gasteiger charge is 2.12. The zero-order valence-electron chi connectivity index (χ0n) is 14.1. The molecule has 0 aliphatic heterocycles. The number of carbonyl (C=O) groups excluding carboxylic acids is 2. The molecule has 134 valence electrons. The molecule has 1 aromatic heterocycles. The molecule has 1 aromatic carbocycles. The highest BCUT2D eigenvalue weighted by molar-refractivity contribution is 7.14. The second-order valence-electron chi connectivity index (χ2n) is 5.53. The van der Waals surface area contributed by atoms with E-state index in [-0.39, 0.29) is 30.8 Å². The largest absolute Gasteiger partial charge is 0.354 e. The van der Waals surface area contributed by atoms with Crippen molar-refractivity contribution in [2.45, 2.75) is 32.7 Å². The fourth-order valence-electron chi connectivity index (χ4n) is 1.94. The standard InChI is InChI=1S/C17H21ClN4O2S/c1-3-11(2)20-15(23)8-9-19-16(24)14-10-25-17(22-14)21-13-7-5-4-6-12(13)18/h4-7,10-11H,3,8-9H2,1-2H3,(H,19,24)(H,20,23)(H,21,22). The number of para-hydroxylation sites is 1. The van der Waals surface area contributed by atoms with Gasteiger partial charge in [0, 0.05) is 24.4 Å². The molecule has 3 N–H and O–H groups in total. The average Bonchev–Trinajstić information content (AvgIpc) is 3.05. The summed E-state index contributed by atoms with van der Waals surface area (Å²) in [6, 6.07) is 7.45. The van der Waals surface area contributed by atoms with E-state index < -0.39 is 0 Å². The Bertz CT molecular complexity index is 735. The number of anilines is 2. The van der Waals surface area contributed by atoms with Crippen molar-refractivity contribution in [1.82, 2.24) is 15.6 Å². The maximum Gasteiger partial charge on any atom is 0.270 e. The Morgan fingerprint density at radius 1 is 1.32 bits per heavy atom. The van der Waals surface area contributed by atoms with Crippen LogP contribution in [0.3, 0.4) is 0 Å².